The standard InChI is InChI=1S/C17H25N3O3.ClH/c1-23-16(21)9-6-13-4-7-15(8-5-13)20-17(22)19-14-3-2-11-18-12-10-14;/h4-5,7-8,14,18H,2-3,6,9-12H2,1H3,(H2,19,20,22);1H. The molecule has 1 unspecified atom stereocenters. The SMILES string of the molecule is COC(=O)CCc1ccc(NC(=O)NC2CCCNCC2)cc1.Cl. The summed E-state index contributed by atoms with van der Waals surface area (Å²) in [5.41, 5.74) is 1.78. The number of carbonyl (C=O) groups excluding carboxylic acids is 2. The molecule has 1 heterocycles. The number of methoxy groups -OCH3 is 1. The van der Waals surface area contributed by atoms with Crippen molar-refractivity contribution in [3.8, 4) is 0 Å². The average molecular weight is 356 g/mol. The zero-order valence-electron chi connectivity index (χ0n) is 14.0. The molecule has 1 aromatic rings. The fraction of sp³-hybridized carbons (Fsp3) is 0.529. The second-order valence-corrected chi connectivity index (χ2v) is 5.75. The number of nitrogens with one attached hydrogen (secondary N) is 3. The number of halogens is 1. The van der Waals surface area contributed by atoms with E-state index in [0.717, 1.165) is 43.6 Å². The molecule has 6 nitrogen and oxygen atoms in total. The van der Waals surface area contributed by atoms with E-state index in [4.69, 9.17) is 0 Å². The number of hydrogen-bond acceptors (Lipinski definition) is 4. The molecular formula is C17H26ClN3O3. The molecule has 0 bridgehead atoms. The lowest BCUT2D eigenvalue weighted by molar-refractivity contribution is -0.140. The number of amides is 2. The van der Waals surface area contributed by atoms with E-state index in [-0.39, 0.29) is 30.4 Å². The zero-order valence-corrected chi connectivity index (χ0v) is 14.8. The molecule has 2 amide bonds. The predicted octanol–water partition coefficient (Wildman–Crippen LogP) is 2.48. The summed E-state index contributed by atoms with van der Waals surface area (Å²) in [5, 5.41) is 9.20. The quantitative estimate of drug-likeness (QED) is 0.709. The maximum Gasteiger partial charge on any atom is 0.319 e. The largest absolute Gasteiger partial charge is 0.469 e. The highest BCUT2D eigenvalue weighted by Crippen LogP contribution is 2.12. The van der Waals surface area contributed by atoms with Gasteiger partial charge in [0.15, 0.2) is 0 Å². The van der Waals surface area contributed by atoms with Crippen molar-refractivity contribution < 1.29 is 14.3 Å². The van der Waals surface area contributed by atoms with E-state index in [1.165, 1.54) is 7.11 Å². The first kappa shape index (κ1) is 20.3. The van der Waals surface area contributed by atoms with Crippen LogP contribution in [-0.4, -0.2) is 38.2 Å². The molecule has 1 saturated heterocycles. The van der Waals surface area contributed by atoms with Crippen molar-refractivity contribution >= 4 is 30.1 Å². The minimum atomic E-state index is -0.218. The van der Waals surface area contributed by atoms with Crippen LogP contribution in [0.2, 0.25) is 0 Å². The van der Waals surface area contributed by atoms with Crippen LogP contribution in [0.5, 0.6) is 0 Å². The maximum absolute atomic E-state index is 12.0. The van der Waals surface area contributed by atoms with Crippen LogP contribution in [0.25, 0.3) is 0 Å². The van der Waals surface area contributed by atoms with E-state index >= 15 is 0 Å². The first-order valence-corrected chi connectivity index (χ1v) is 8.11. The van der Waals surface area contributed by atoms with Crippen molar-refractivity contribution in [3.63, 3.8) is 0 Å². The Kier molecular flexibility index (Phi) is 9.19. The minimum Gasteiger partial charge on any atom is -0.469 e. The first-order chi connectivity index (χ1) is 11.2. The molecule has 3 N–H and O–H groups in total. The van der Waals surface area contributed by atoms with Gasteiger partial charge in [-0.05, 0) is 56.5 Å². The van der Waals surface area contributed by atoms with Crippen LogP contribution in [0.15, 0.2) is 24.3 Å². The van der Waals surface area contributed by atoms with Crippen molar-refractivity contribution in [2.75, 3.05) is 25.5 Å². The van der Waals surface area contributed by atoms with Gasteiger partial charge >= 0.3 is 12.0 Å². The summed E-state index contributed by atoms with van der Waals surface area (Å²) in [4.78, 5) is 23.1. The number of esters is 1. The molecule has 1 aromatic carbocycles. The third-order valence-electron chi connectivity index (χ3n) is 3.97. The second kappa shape index (κ2) is 10.9. The number of ether oxygens (including phenoxy) is 1. The van der Waals surface area contributed by atoms with Gasteiger partial charge in [-0.3, -0.25) is 4.79 Å². The van der Waals surface area contributed by atoms with Crippen LogP contribution in [0.3, 0.4) is 0 Å². The number of hydrogen-bond donors (Lipinski definition) is 3. The summed E-state index contributed by atoms with van der Waals surface area (Å²) in [7, 11) is 1.39. The van der Waals surface area contributed by atoms with E-state index in [1.54, 1.807) is 0 Å². The number of benzene rings is 1. The van der Waals surface area contributed by atoms with Crippen LogP contribution >= 0.6 is 12.4 Å². The van der Waals surface area contributed by atoms with Crippen molar-refractivity contribution in [3.05, 3.63) is 29.8 Å². The topological polar surface area (TPSA) is 79.5 Å². The third-order valence-corrected chi connectivity index (χ3v) is 3.97. The van der Waals surface area contributed by atoms with Gasteiger partial charge in [0.25, 0.3) is 0 Å². The van der Waals surface area contributed by atoms with Crippen LogP contribution in [0, 0.1) is 0 Å². The molecule has 1 atom stereocenters. The second-order valence-electron chi connectivity index (χ2n) is 5.75. The van der Waals surface area contributed by atoms with Gasteiger partial charge in [-0.25, -0.2) is 4.79 Å². The van der Waals surface area contributed by atoms with E-state index in [2.05, 4.69) is 20.7 Å². The molecular weight excluding hydrogens is 330 g/mol. The van der Waals surface area contributed by atoms with Gasteiger partial charge in [0.2, 0.25) is 0 Å². The van der Waals surface area contributed by atoms with Gasteiger partial charge < -0.3 is 20.7 Å². The van der Waals surface area contributed by atoms with Crippen molar-refractivity contribution in [1.82, 2.24) is 10.6 Å². The molecule has 134 valence electrons. The average Bonchev–Trinajstić information content (AvgIpc) is 2.82. The van der Waals surface area contributed by atoms with Crippen LogP contribution in [0.4, 0.5) is 10.5 Å². The normalized spacial score (nSPS) is 17.1. The molecule has 0 spiro atoms. The summed E-state index contributed by atoms with van der Waals surface area (Å²) in [5.74, 6) is -0.218. The number of urea groups is 1. The number of rotatable bonds is 5. The van der Waals surface area contributed by atoms with E-state index in [0.29, 0.717) is 12.8 Å². The minimum absolute atomic E-state index is 0. The number of aryl methyl sites for hydroxylation is 1. The van der Waals surface area contributed by atoms with Crippen LogP contribution in [-0.2, 0) is 16.0 Å². The highest BCUT2D eigenvalue weighted by Gasteiger charge is 2.14. The highest BCUT2D eigenvalue weighted by molar-refractivity contribution is 5.89. The summed E-state index contributed by atoms with van der Waals surface area (Å²) >= 11 is 0. The highest BCUT2D eigenvalue weighted by atomic mass is 35.5. The van der Waals surface area contributed by atoms with Crippen molar-refractivity contribution in [2.24, 2.45) is 0 Å². The fourth-order valence-corrected chi connectivity index (χ4v) is 2.62. The molecule has 7 heteroatoms. The molecule has 1 fully saturated rings. The van der Waals surface area contributed by atoms with Gasteiger partial charge in [0.05, 0.1) is 7.11 Å². The Hall–Kier alpha value is -1.79. The van der Waals surface area contributed by atoms with E-state index in [1.807, 2.05) is 24.3 Å². The Balaban J connectivity index is 0.00000288. The number of carbonyl (C=O) groups is 2. The number of anilines is 1. The summed E-state index contributed by atoms with van der Waals surface area (Å²) in [6.45, 7) is 1.96. The van der Waals surface area contributed by atoms with Gasteiger partial charge in [0, 0.05) is 18.2 Å². The molecule has 1 aliphatic heterocycles. The molecule has 0 aromatic heterocycles. The smallest absolute Gasteiger partial charge is 0.319 e. The van der Waals surface area contributed by atoms with Gasteiger partial charge in [0.1, 0.15) is 0 Å². The summed E-state index contributed by atoms with van der Waals surface area (Å²) in [6.07, 6.45) is 4.04. The summed E-state index contributed by atoms with van der Waals surface area (Å²) < 4.78 is 4.62. The molecule has 0 aliphatic carbocycles. The molecule has 1 aliphatic rings. The van der Waals surface area contributed by atoms with Gasteiger partial charge in [-0.2, -0.15) is 0 Å². The third kappa shape index (κ3) is 7.19. The molecule has 0 saturated carbocycles. The maximum atomic E-state index is 12.0. The molecule has 24 heavy (non-hydrogen) atoms. The van der Waals surface area contributed by atoms with Crippen molar-refractivity contribution in [2.45, 2.75) is 38.1 Å². The van der Waals surface area contributed by atoms with Crippen LogP contribution < -0.4 is 16.0 Å². The lowest BCUT2D eigenvalue weighted by Gasteiger charge is -2.16. The lowest BCUT2D eigenvalue weighted by atomic mass is 10.1. The van der Waals surface area contributed by atoms with E-state index in [9.17, 15) is 9.59 Å². The fourth-order valence-electron chi connectivity index (χ4n) is 2.62. The Labute approximate surface area is 149 Å². The Morgan fingerprint density at radius 2 is 1.96 bits per heavy atom. The van der Waals surface area contributed by atoms with E-state index < -0.39 is 0 Å². The van der Waals surface area contributed by atoms with Crippen LogP contribution in [0.1, 0.15) is 31.2 Å². The Morgan fingerprint density at radius 1 is 1.21 bits per heavy atom. The van der Waals surface area contributed by atoms with Crippen molar-refractivity contribution in [1.29, 1.82) is 0 Å². The predicted molar refractivity (Wildman–Crippen MR) is 96.7 cm³/mol. The monoisotopic (exact) mass is 355 g/mol. The lowest BCUT2D eigenvalue weighted by Crippen LogP contribution is -2.38. The summed E-state index contributed by atoms with van der Waals surface area (Å²) in [6, 6.07) is 7.58. The van der Waals surface area contributed by atoms with Gasteiger partial charge in [-0.15, -0.1) is 12.4 Å². The molecule has 0 radical (unpaired) electrons. The zero-order chi connectivity index (χ0) is 16.5. The molecule has 2 rings (SSSR count). The van der Waals surface area contributed by atoms with Gasteiger partial charge in [-0.1, -0.05) is 12.1 Å². The Morgan fingerprint density at radius 3 is 2.67 bits per heavy atom. The Bertz CT molecular complexity index is 514. The first-order valence-electron chi connectivity index (χ1n) is 8.11.